The van der Waals surface area contributed by atoms with Crippen molar-refractivity contribution in [1.29, 1.82) is 0 Å². The van der Waals surface area contributed by atoms with E-state index in [0.29, 0.717) is 26.3 Å². The lowest BCUT2D eigenvalue weighted by Crippen LogP contribution is -1.92. The maximum Gasteiger partial charge on any atom is 0.0738 e. The zero-order valence-electron chi connectivity index (χ0n) is 16.9. The summed E-state index contributed by atoms with van der Waals surface area (Å²) in [5.74, 6) is 0. The molecule has 158 valence electrons. The van der Waals surface area contributed by atoms with Gasteiger partial charge in [0.2, 0.25) is 0 Å². The van der Waals surface area contributed by atoms with Crippen LogP contribution in [0.15, 0.2) is 122 Å². The first-order valence-electron chi connectivity index (χ1n) is 10.1. The first-order valence-corrected chi connectivity index (χ1v) is 11.3. The highest BCUT2D eigenvalue weighted by atomic mass is 35.5. The fraction of sp³-hybridized carbons (Fsp3) is 0. The van der Waals surface area contributed by atoms with Gasteiger partial charge >= 0.3 is 0 Å². The van der Waals surface area contributed by atoms with Crippen molar-refractivity contribution in [1.82, 2.24) is 0 Å². The lowest BCUT2D eigenvalue weighted by atomic mass is 10.0. The molecule has 0 radical (unpaired) electrons. The van der Waals surface area contributed by atoms with Crippen LogP contribution in [-0.2, 0) is 0 Å². The summed E-state index contributed by atoms with van der Waals surface area (Å²) in [6.45, 7) is 0. The second-order valence-electron chi connectivity index (χ2n) is 7.69. The van der Waals surface area contributed by atoms with Gasteiger partial charge in [0.25, 0.3) is 0 Å². The summed E-state index contributed by atoms with van der Waals surface area (Å²) in [5.41, 5.74) is 7.81. The molecule has 6 rings (SSSR count). The molecule has 0 atom stereocenters. The molecular weight excluding hydrogens is 475 g/mol. The van der Waals surface area contributed by atoms with E-state index in [-0.39, 0.29) is 0 Å². The normalized spacial score (nSPS) is 20.0. The van der Waals surface area contributed by atoms with Crippen molar-refractivity contribution < 1.29 is 0 Å². The van der Waals surface area contributed by atoms with Crippen LogP contribution in [0.1, 0.15) is 5.56 Å². The van der Waals surface area contributed by atoms with Crippen molar-refractivity contribution in [3.63, 3.8) is 0 Å². The molecule has 0 unspecified atom stereocenters. The van der Waals surface area contributed by atoms with E-state index in [1.807, 2.05) is 66.8 Å². The maximum atomic E-state index is 6.54. The number of hydrogen-bond donors (Lipinski definition) is 0. The zero-order valence-corrected chi connectivity index (χ0v) is 19.2. The molecule has 8 bridgehead atoms. The minimum Gasteiger partial charge on any atom is -0.249 e. The van der Waals surface area contributed by atoms with Crippen LogP contribution in [0, 0.1) is 0 Å². The average molecular weight is 488 g/mol. The van der Waals surface area contributed by atoms with E-state index in [2.05, 4.69) is 9.98 Å². The fourth-order valence-corrected chi connectivity index (χ4v) is 4.92. The van der Waals surface area contributed by atoms with E-state index in [9.17, 15) is 0 Å². The summed E-state index contributed by atoms with van der Waals surface area (Å²) >= 11 is 19.2. The van der Waals surface area contributed by atoms with E-state index in [0.717, 1.165) is 45.5 Å². The molecule has 33 heavy (non-hydrogen) atoms. The van der Waals surface area contributed by atoms with Crippen molar-refractivity contribution in [3.8, 4) is 0 Å². The SMILES string of the molecule is Clc1cc(Cl)c(C2=CC3=NC2=CC2=NC(=CC4=NC(=CC5=NC(=C3)C=C5)C=C4)C=C2)c(Cl)c1. The van der Waals surface area contributed by atoms with Crippen LogP contribution in [0.3, 0.4) is 0 Å². The van der Waals surface area contributed by atoms with Crippen molar-refractivity contribution >= 4 is 63.2 Å². The first-order chi connectivity index (χ1) is 16.0. The van der Waals surface area contributed by atoms with Gasteiger partial charge in [-0.3, -0.25) is 0 Å². The van der Waals surface area contributed by atoms with Crippen LogP contribution >= 0.6 is 34.8 Å². The van der Waals surface area contributed by atoms with Gasteiger partial charge in [0.1, 0.15) is 0 Å². The van der Waals surface area contributed by atoms with Gasteiger partial charge in [0, 0.05) is 16.2 Å². The topological polar surface area (TPSA) is 49.4 Å². The largest absolute Gasteiger partial charge is 0.249 e. The number of fused-ring (bicyclic) bond motifs is 4. The van der Waals surface area contributed by atoms with Gasteiger partial charge in [-0.25, -0.2) is 20.0 Å². The molecule has 1 aromatic rings. The van der Waals surface area contributed by atoms with Crippen LogP contribution < -0.4 is 0 Å². The first kappa shape index (κ1) is 20.3. The van der Waals surface area contributed by atoms with Gasteiger partial charge in [-0.05, 0) is 79.0 Å². The molecule has 4 nitrogen and oxygen atoms in total. The molecule has 0 N–H and O–H groups in total. The Morgan fingerprint density at radius 3 is 1.52 bits per heavy atom. The number of rotatable bonds is 1. The Bertz CT molecular complexity index is 1490. The van der Waals surface area contributed by atoms with Crippen molar-refractivity contribution in [2.24, 2.45) is 20.0 Å². The van der Waals surface area contributed by atoms with Crippen LogP contribution in [-0.4, -0.2) is 22.8 Å². The summed E-state index contributed by atoms with van der Waals surface area (Å²) in [6.07, 6.45) is 21.4. The highest BCUT2D eigenvalue weighted by Gasteiger charge is 2.22. The third-order valence-electron chi connectivity index (χ3n) is 5.32. The predicted molar refractivity (Wildman–Crippen MR) is 139 cm³/mol. The Morgan fingerprint density at radius 1 is 0.485 bits per heavy atom. The molecule has 0 fully saturated rings. The van der Waals surface area contributed by atoms with E-state index < -0.39 is 0 Å². The lowest BCUT2D eigenvalue weighted by molar-refractivity contribution is 1.41. The Morgan fingerprint density at radius 2 is 0.970 bits per heavy atom. The molecule has 5 aliphatic heterocycles. The van der Waals surface area contributed by atoms with Gasteiger partial charge in [-0.2, -0.15) is 0 Å². The predicted octanol–water partition coefficient (Wildman–Crippen LogP) is 7.07. The highest BCUT2D eigenvalue weighted by Crippen LogP contribution is 2.40. The number of aliphatic imine (C=N–C) groups is 4. The molecular formula is C26H13Cl3N4. The Labute approximate surface area is 205 Å². The molecule has 0 amide bonds. The van der Waals surface area contributed by atoms with E-state index in [4.69, 9.17) is 44.8 Å². The highest BCUT2D eigenvalue weighted by molar-refractivity contribution is 6.41. The molecule has 1 aromatic carbocycles. The van der Waals surface area contributed by atoms with Crippen LogP contribution in [0.2, 0.25) is 15.1 Å². The maximum absolute atomic E-state index is 6.54. The number of halogens is 3. The van der Waals surface area contributed by atoms with E-state index in [1.165, 1.54) is 0 Å². The summed E-state index contributed by atoms with van der Waals surface area (Å²) in [6, 6.07) is 3.35. The number of nitrogens with zero attached hydrogens (tertiary/aromatic N) is 4. The van der Waals surface area contributed by atoms with Gasteiger partial charge in [0.15, 0.2) is 0 Å². The smallest absolute Gasteiger partial charge is 0.0738 e. The van der Waals surface area contributed by atoms with Gasteiger partial charge in [-0.15, -0.1) is 0 Å². The summed E-state index contributed by atoms with van der Waals surface area (Å²) in [7, 11) is 0. The molecule has 5 aliphatic rings. The minimum atomic E-state index is 0.456. The van der Waals surface area contributed by atoms with Crippen LogP contribution in [0.25, 0.3) is 5.57 Å². The van der Waals surface area contributed by atoms with E-state index >= 15 is 0 Å². The van der Waals surface area contributed by atoms with Crippen LogP contribution in [0.4, 0.5) is 0 Å². The van der Waals surface area contributed by atoms with Crippen molar-refractivity contribution in [2.75, 3.05) is 0 Å². The minimum absolute atomic E-state index is 0.456. The second kappa shape index (κ2) is 7.92. The number of allylic oxidation sites excluding steroid dienone is 12. The van der Waals surface area contributed by atoms with Gasteiger partial charge < -0.3 is 0 Å². The fourth-order valence-electron chi connectivity index (χ4n) is 3.90. The molecule has 0 spiro atoms. The van der Waals surface area contributed by atoms with Gasteiger partial charge in [0.05, 0.1) is 55.7 Å². The third-order valence-corrected chi connectivity index (χ3v) is 6.13. The second-order valence-corrected chi connectivity index (χ2v) is 8.94. The Balaban J connectivity index is 1.53. The molecule has 0 aromatic heterocycles. The quantitative estimate of drug-likeness (QED) is 0.407. The lowest BCUT2D eigenvalue weighted by Gasteiger charge is -2.10. The molecule has 0 aliphatic carbocycles. The van der Waals surface area contributed by atoms with Crippen molar-refractivity contribution in [3.05, 3.63) is 122 Å². The average Bonchev–Trinajstić information content (AvgIpc) is 3.53. The number of benzene rings is 1. The molecule has 0 saturated heterocycles. The van der Waals surface area contributed by atoms with E-state index in [1.54, 1.807) is 12.1 Å². The monoisotopic (exact) mass is 486 g/mol. The van der Waals surface area contributed by atoms with Gasteiger partial charge in [-0.1, -0.05) is 34.8 Å². The Kier molecular flexibility index (Phi) is 4.88. The molecule has 0 saturated carbocycles. The number of hydrogen-bond acceptors (Lipinski definition) is 4. The van der Waals surface area contributed by atoms with Crippen LogP contribution in [0.5, 0.6) is 0 Å². The summed E-state index contributed by atoms with van der Waals surface area (Å²) < 4.78 is 0. The summed E-state index contributed by atoms with van der Waals surface area (Å²) in [5, 5.41) is 1.39. The van der Waals surface area contributed by atoms with Crippen molar-refractivity contribution in [2.45, 2.75) is 0 Å². The Hall–Kier alpha value is -3.31. The molecule has 5 heterocycles. The third kappa shape index (κ3) is 3.98. The summed E-state index contributed by atoms with van der Waals surface area (Å²) in [4.78, 5) is 18.8. The standard InChI is InChI=1S/C26H13Cl3N4/c27-14-7-23(28)26(24(29)8-14)22-12-21-11-19-4-3-17(31-19)9-15-1-2-16(30-15)10-18-5-6-20(32-18)13-25(22)33-21/h1-13H. The zero-order chi connectivity index (χ0) is 22.5. The molecule has 7 heteroatoms.